The summed E-state index contributed by atoms with van der Waals surface area (Å²) in [5, 5.41) is 6.72. The molecule has 0 unspecified atom stereocenters. The van der Waals surface area contributed by atoms with E-state index in [0.717, 1.165) is 0 Å². The van der Waals surface area contributed by atoms with E-state index in [-0.39, 0.29) is 18.2 Å². The molecule has 0 aromatic heterocycles. The summed E-state index contributed by atoms with van der Waals surface area (Å²) >= 11 is 6.83. The number of hydrazone groups is 1. The predicted octanol–water partition coefficient (Wildman–Crippen LogP) is 6.08. The van der Waals surface area contributed by atoms with Crippen LogP contribution >= 0.6 is 31.9 Å². The second-order valence-corrected chi connectivity index (χ2v) is 10.5. The summed E-state index contributed by atoms with van der Waals surface area (Å²) in [7, 11) is 0. The Morgan fingerprint density at radius 1 is 0.833 bits per heavy atom. The van der Waals surface area contributed by atoms with Crippen molar-refractivity contribution in [3.63, 3.8) is 0 Å². The normalized spacial score (nSPS) is 12.2. The molecule has 0 radical (unpaired) electrons. The fourth-order valence-corrected chi connectivity index (χ4v) is 5.18. The number of benzene rings is 4. The van der Waals surface area contributed by atoms with Gasteiger partial charge in [0.05, 0.1) is 16.3 Å². The average Bonchev–Trinajstić information content (AvgIpc) is 3.47. The van der Waals surface area contributed by atoms with Gasteiger partial charge in [-0.05, 0) is 76.1 Å². The summed E-state index contributed by atoms with van der Waals surface area (Å²) in [5.41, 5.74) is 4.10. The lowest BCUT2D eigenvalue weighted by atomic mass is 10.1. The van der Waals surface area contributed by atoms with Crippen LogP contribution in [0.2, 0.25) is 0 Å². The van der Waals surface area contributed by atoms with Gasteiger partial charge < -0.3 is 19.5 Å². The first-order valence-corrected chi connectivity index (χ1v) is 14.0. The van der Waals surface area contributed by atoms with Crippen LogP contribution in [0.1, 0.15) is 31.8 Å². The molecule has 42 heavy (non-hydrogen) atoms. The number of fused-ring (bicyclic) bond motifs is 1. The monoisotopic (exact) mass is 689 g/mol. The van der Waals surface area contributed by atoms with Crippen molar-refractivity contribution in [2.45, 2.75) is 0 Å². The van der Waals surface area contributed by atoms with Crippen molar-refractivity contribution in [3.8, 4) is 17.2 Å². The van der Waals surface area contributed by atoms with Crippen LogP contribution in [-0.4, -0.2) is 30.8 Å². The maximum absolute atomic E-state index is 13.3. The average molecular weight is 691 g/mol. The molecule has 2 N–H and O–H groups in total. The maximum Gasteiger partial charge on any atom is 0.343 e. The predicted molar refractivity (Wildman–Crippen MR) is 163 cm³/mol. The van der Waals surface area contributed by atoms with Gasteiger partial charge in [0.1, 0.15) is 5.70 Å². The van der Waals surface area contributed by atoms with E-state index in [0.29, 0.717) is 42.7 Å². The number of nitrogens with one attached hydrogen (secondary N) is 2. The largest absolute Gasteiger partial charge is 0.454 e. The molecule has 0 spiro atoms. The van der Waals surface area contributed by atoms with Gasteiger partial charge in [0, 0.05) is 15.6 Å². The van der Waals surface area contributed by atoms with E-state index in [1.54, 1.807) is 91.0 Å². The number of halogens is 2. The number of carbonyl (C=O) groups excluding carboxylic acids is 3. The van der Waals surface area contributed by atoms with Crippen LogP contribution < -0.4 is 25.0 Å². The minimum Gasteiger partial charge on any atom is -0.454 e. The van der Waals surface area contributed by atoms with Gasteiger partial charge in [0.25, 0.3) is 11.8 Å². The lowest BCUT2D eigenvalue weighted by molar-refractivity contribution is -0.117. The fraction of sp³-hybridized carbons (Fsp3) is 0.0323. The molecule has 9 nitrogen and oxygen atoms in total. The first-order valence-electron chi connectivity index (χ1n) is 12.4. The number of ether oxygens (including phenoxy) is 3. The van der Waals surface area contributed by atoms with Crippen LogP contribution in [0.15, 0.2) is 111 Å². The van der Waals surface area contributed by atoms with Crippen LogP contribution in [-0.2, 0) is 4.79 Å². The van der Waals surface area contributed by atoms with Crippen LogP contribution in [0.4, 0.5) is 0 Å². The Morgan fingerprint density at radius 3 is 2.26 bits per heavy atom. The van der Waals surface area contributed by atoms with Gasteiger partial charge >= 0.3 is 5.97 Å². The first kappa shape index (κ1) is 28.8. The Morgan fingerprint density at radius 2 is 1.52 bits per heavy atom. The molecule has 0 bridgehead atoms. The molecule has 11 heteroatoms. The Hall–Kier alpha value is -4.74. The van der Waals surface area contributed by atoms with Crippen LogP contribution in [0.3, 0.4) is 0 Å². The zero-order chi connectivity index (χ0) is 29.5. The van der Waals surface area contributed by atoms with Crippen LogP contribution in [0.25, 0.3) is 6.08 Å². The molecule has 4 aromatic carbocycles. The highest BCUT2D eigenvalue weighted by Crippen LogP contribution is 2.34. The molecule has 1 heterocycles. The van der Waals surface area contributed by atoms with E-state index in [1.165, 1.54) is 12.3 Å². The van der Waals surface area contributed by atoms with Crippen molar-refractivity contribution in [2.24, 2.45) is 5.10 Å². The third-order valence-electron chi connectivity index (χ3n) is 5.85. The number of amides is 2. The van der Waals surface area contributed by atoms with E-state index in [2.05, 4.69) is 47.7 Å². The number of esters is 1. The summed E-state index contributed by atoms with van der Waals surface area (Å²) in [6.07, 6.45) is 2.83. The summed E-state index contributed by atoms with van der Waals surface area (Å²) < 4.78 is 17.6. The third kappa shape index (κ3) is 7.12. The van der Waals surface area contributed by atoms with E-state index in [4.69, 9.17) is 14.2 Å². The molecule has 1 aliphatic heterocycles. The highest BCUT2D eigenvalue weighted by molar-refractivity contribution is 9.11. The van der Waals surface area contributed by atoms with E-state index in [1.807, 2.05) is 0 Å². The first-order chi connectivity index (χ1) is 20.4. The van der Waals surface area contributed by atoms with Gasteiger partial charge in [0.15, 0.2) is 17.2 Å². The molecule has 4 aromatic rings. The molecule has 0 fully saturated rings. The SMILES string of the molecule is O=C(N/N=C/c1cc(Br)cc(Br)c1OC(=O)c1ccccc1)/C(=C/c1ccc2c(c1)OCO2)NC(=O)c1ccccc1. The van der Waals surface area contributed by atoms with Gasteiger partial charge in [-0.1, -0.05) is 58.4 Å². The Labute approximate surface area is 257 Å². The molecule has 210 valence electrons. The second-order valence-electron chi connectivity index (χ2n) is 8.75. The van der Waals surface area contributed by atoms with Gasteiger partial charge in [-0.15, -0.1) is 0 Å². The molecule has 0 aliphatic carbocycles. The van der Waals surface area contributed by atoms with Crippen molar-refractivity contribution < 1.29 is 28.6 Å². The number of hydrogen-bond acceptors (Lipinski definition) is 7. The molecule has 2 amide bonds. The topological polar surface area (TPSA) is 115 Å². The number of rotatable bonds is 8. The van der Waals surface area contributed by atoms with Gasteiger partial charge in [-0.2, -0.15) is 5.10 Å². The van der Waals surface area contributed by atoms with Crippen molar-refractivity contribution in [3.05, 3.63) is 128 Å². The number of carbonyl (C=O) groups is 3. The maximum atomic E-state index is 13.3. The number of nitrogens with zero attached hydrogens (tertiary/aromatic N) is 1. The summed E-state index contributed by atoms with van der Waals surface area (Å²) in [6, 6.07) is 25.6. The zero-order valence-corrected chi connectivity index (χ0v) is 24.8. The lowest BCUT2D eigenvalue weighted by Gasteiger charge is -2.11. The lowest BCUT2D eigenvalue weighted by Crippen LogP contribution is -2.32. The van der Waals surface area contributed by atoms with Gasteiger partial charge in [-0.3, -0.25) is 9.59 Å². The molecular weight excluding hydrogens is 670 g/mol. The smallest absolute Gasteiger partial charge is 0.343 e. The molecule has 0 saturated carbocycles. The van der Waals surface area contributed by atoms with Gasteiger partial charge in [0.2, 0.25) is 6.79 Å². The Bertz CT molecular complexity index is 1710. The minimum atomic E-state index is -0.690. The molecule has 5 rings (SSSR count). The summed E-state index contributed by atoms with van der Waals surface area (Å²) in [6.45, 7) is 0.101. The standard InChI is InChI=1S/C31H21Br2N3O6/c32-23-15-22(28(24(33)16-23)42-31(39)21-9-5-2-6-10-21)17-34-36-30(38)25(35-29(37)20-7-3-1-4-8-20)13-19-11-12-26-27(14-19)41-18-40-26/h1-17H,18H2,(H,35,37)(H,36,38)/b25-13-,34-17+. The van der Waals surface area contributed by atoms with Crippen molar-refractivity contribution >= 4 is 61.9 Å². The second kappa shape index (κ2) is 13.3. The fourth-order valence-electron chi connectivity index (χ4n) is 3.84. The Kier molecular flexibility index (Phi) is 9.10. The quantitative estimate of drug-likeness (QED) is 0.0762. The van der Waals surface area contributed by atoms with Crippen molar-refractivity contribution in [1.82, 2.24) is 10.7 Å². The summed E-state index contributed by atoms with van der Waals surface area (Å²) in [4.78, 5) is 38.9. The molecule has 1 aliphatic rings. The third-order valence-corrected chi connectivity index (χ3v) is 6.89. The van der Waals surface area contributed by atoms with Crippen LogP contribution in [0, 0.1) is 0 Å². The molecular formula is C31H21Br2N3O6. The number of hydrogen-bond donors (Lipinski definition) is 2. The van der Waals surface area contributed by atoms with Crippen molar-refractivity contribution in [1.29, 1.82) is 0 Å². The minimum absolute atomic E-state index is 0.0639. The Balaban J connectivity index is 1.38. The highest BCUT2D eigenvalue weighted by Gasteiger charge is 2.18. The molecule has 0 saturated heterocycles. The van der Waals surface area contributed by atoms with Crippen LogP contribution in [0.5, 0.6) is 17.2 Å². The van der Waals surface area contributed by atoms with Crippen molar-refractivity contribution in [2.75, 3.05) is 6.79 Å². The zero-order valence-electron chi connectivity index (χ0n) is 21.7. The molecule has 0 atom stereocenters. The van der Waals surface area contributed by atoms with E-state index >= 15 is 0 Å². The van der Waals surface area contributed by atoms with E-state index < -0.39 is 17.8 Å². The highest BCUT2D eigenvalue weighted by atomic mass is 79.9. The van der Waals surface area contributed by atoms with Gasteiger partial charge in [-0.25, -0.2) is 10.2 Å². The summed E-state index contributed by atoms with van der Waals surface area (Å²) in [5.74, 6) is -0.417. The van der Waals surface area contributed by atoms with E-state index in [9.17, 15) is 14.4 Å².